The van der Waals surface area contributed by atoms with Crippen molar-refractivity contribution in [3.8, 4) is 0 Å². The summed E-state index contributed by atoms with van der Waals surface area (Å²) < 4.78 is 0. The van der Waals surface area contributed by atoms with Gasteiger partial charge in [0.05, 0.1) is 0 Å². The van der Waals surface area contributed by atoms with Gasteiger partial charge in [-0.15, -0.1) is 0 Å². The van der Waals surface area contributed by atoms with E-state index in [4.69, 9.17) is 0 Å². The molecule has 1 aromatic carbocycles. The molecule has 1 unspecified atom stereocenters. The summed E-state index contributed by atoms with van der Waals surface area (Å²) in [5.74, 6) is -0.0165. The van der Waals surface area contributed by atoms with Crippen molar-refractivity contribution in [2.75, 3.05) is 26.2 Å². The molecule has 106 valence electrons. The first-order valence-corrected chi connectivity index (χ1v) is 7.85. The predicted molar refractivity (Wildman–Crippen MR) is 83.1 cm³/mol. The number of nitrogens with zero attached hydrogens (tertiary/aromatic N) is 2. The number of carbonyl (C=O) groups excluding carboxylic acids is 1. The molecule has 1 aromatic rings. The van der Waals surface area contributed by atoms with E-state index < -0.39 is 0 Å². The molecular weight excluding hydrogens is 270 g/mol. The molecule has 0 bridgehead atoms. The third-order valence-corrected chi connectivity index (χ3v) is 5.01. The molecular formula is C15H19N3OS. The van der Waals surface area contributed by atoms with Gasteiger partial charge in [-0.3, -0.25) is 4.79 Å². The van der Waals surface area contributed by atoms with E-state index in [-0.39, 0.29) is 11.2 Å². The summed E-state index contributed by atoms with van der Waals surface area (Å²) in [5.41, 5.74) is 3.46. The maximum absolute atomic E-state index is 12.2. The van der Waals surface area contributed by atoms with Crippen molar-refractivity contribution < 1.29 is 4.79 Å². The standard InChI is InChI=1S/C15H19N3OS/c1-10-3-4-11(2)12(9-10)13-14(19)17-15(20-13)18-7-5-16-6-8-18/h3-4,9,13,16H,5-8H2,1-2H3. The quantitative estimate of drug-likeness (QED) is 0.857. The second kappa shape index (κ2) is 5.58. The van der Waals surface area contributed by atoms with Gasteiger partial charge in [0, 0.05) is 26.2 Å². The molecule has 2 aliphatic heterocycles. The van der Waals surface area contributed by atoms with E-state index in [0.29, 0.717) is 0 Å². The van der Waals surface area contributed by atoms with Gasteiger partial charge in [0.1, 0.15) is 5.25 Å². The van der Waals surface area contributed by atoms with Crippen LogP contribution in [0.2, 0.25) is 0 Å². The van der Waals surface area contributed by atoms with Gasteiger partial charge in [0.2, 0.25) is 0 Å². The molecule has 1 atom stereocenters. The van der Waals surface area contributed by atoms with E-state index in [1.165, 1.54) is 11.1 Å². The van der Waals surface area contributed by atoms with Crippen molar-refractivity contribution in [1.29, 1.82) is 0 Å². The lowest BCUT2D eigenvalue weighted by Gasteiger charge is -2.28. The van der Waals surface area contributed by atoms with Crippen molar-refractivity contribution in [1.82, 2.24) is 10.2 Å². The average molecular weight is 289 g/mol. The van der Waals surface area contributed by atoms with Crippen LogP contribution in [-0.4, -0.2) is 42.2 Å². The third-order valence-electron chi connectivity index (χ3n) is 3.76. The van der Waals surface area contributed by atoms with Crippen LogP contribution in [0.1, 0.15) is 21.9 Å². The van der Waals surface area contributed by atoms with Gasteiger partial charge < -0.3 is 10.2 Å². The molecule has 1 saturated heterocycles. The van der Waals surface area contributed by atoms with Crippen LogP contribution in [0, 0.1) is 13.8 Å². The fourth-order valence-corrected chi connectivity index (χ4v) is 3.79. The van der Waals surface area contributed by atoms with Gasteiger partial charge in [0.15, 0.2) is 5.17 Å². The molecule has 1 fully saturated rings. The zero-order valence-corrected chi connectivity index (χ0v) is 12.7. The molecule has 0 aromatic heterocycles. The fourth-order valence-electron chi connectivity index (χ4n) is 2.58. The van der Waals surface area contributed by atoms with Gasteiger partial charge in [0.25, 0.3) is 5.91 Å². The highest BCUT2D eigenvalue weighted by molar-refractivity contribution is 8.15. The Kier molecular flexibility index (Phi) is 3.81. The van der Waals surface area contributed by atoms with Crippen LogP contribution < -0.4 is 5.32 Å². The Morgan fingerprint density at radius 2 is 2.05 bits per heavy atom. The number of hydrogen-bond donors (Lipinski definition) is 1. The highest BCUT2D eigenvalue weighted by atomic mass is 32.2. The maximum atomic E-state index is 12.2. The largest absolute Gasteiger partial charge is 0.349 e. The van der Waals surface area contributed by atoms with Gasteiger partial charge in [-0.25, -0.2) is 0 Å². The lowest BCUT2D eigenvalue weighted by atomic mass is 10.0. The van der Waals surface area contributed by atoms with E-state index in [0.717, 1.165) is 36.9 Å². The molecule has 1 N–H and O–H groups in total. The van der Waals surface area contributed by atoms with E-state index >= 15 is 0 Å². The lowest BCUT2D eigenvalue weighted by Crippen LogP contribution is -2.45. The molecule has 20 heavy (non-hydrogen) atoms. The topological polar surface area (TPSA) is 44.7 Å². The van der Waals surface area contributed by atoms with Crippen LogP contribution in [-0.2, 0) is 4.79 Å². The summed E-state index contributed by atoms with van der Waals surface area (Å²) in [4.78, 5) is 18.7. The number of aliphatic imine (C=N–C) groups is 1. The van der Waals surface area contributed by atoms with Crippen LogP contribution >= 0.6 is 11.8 Å². The number of amidine groups is 1. The van der Waals surface area contributed by atoms with Crippen molar-refractivity contribution in [2.45, 2.75) is 19.1 Å². The molecule has 4 nitrogen and oxygen atoms in total. The minimum absolute atomic E-state index is 0.0165. The van der Waals surface area contributed by atoms with Gasteiger partial charge in [-0.1, -0.05) is 35.5 Å². The number of hydrogen-bond acceptors (Lipinski definition) is 4. The minimum Gasteiger partial charge on any atom is -0.349 e. The van der Waals surface area contributed by atoms with E-state index in [1.807, 2.05) is 0 Å². The molecule has 1 amide bonds. The van der Waals surface area contributed by atoms with Crippen molar-refractivity contribution >= 4 is 22.8 Å². The second-order valence-corrected chi connectivity index (χ2v) is 6.40. The Labute approximate surface area is 123 Å². The first-order chi connectivity index (χ1) is 9.65. The van der Waals surface area contributed by atoms with Gasteiger partial charge in [-0.2, -0.15) is 4.99 Å². The van der Waals surface area contributed by atoms with Crippen molar-refractivity contribution in [3.05, 3.63) is 34.9 Å². The number of benzene rings is 1. The number of rotatable bonds is 1. The minimum atomic E-state index is -0.167. The fraction of sp³-hybridized carbons (Fsp3) is 0.467. The SMILES string of the molecule is Cc1ccc(C)c(C2SC(N3CCNCC3)=NC2=O)c1. The first-order valence-electron chi connectivity index (χ1n) is 6.97. The van der Waals surface area contributed by atoms with Crippen LogP contribution in [0.3, 0.4) is 0 Å². The predicted octanol–water partition coefficient (Wildman–Crippen LogP) is 1.88. The van der Waals surface area contributed by atoms with Crippen LogP contribution in [0.15, 0.2) is 23.2 Å². The number of nitrogens with one attached hydrogen (secondary N) is 1. The monoisotopic (exact) mass is 289 g/mol. The van der Waals surface area contributed by atoms with E-state index in [9.17, 15) is 4.79 Å². The zero-order chi connectivity index (χ0) is 14.1. The number of piperazine rings is 1. The molecule has 2 heterocycles. The molecule has 0 aliphatic carbocycles. The Hall–Kier alpha value is -1.33. The molecule has 2 aliphatic rings. The Morgan fingerprint density at radius 1 is 1.30 bits per heavy atom. The Bertz CT molecular complexity index is 564. The van der Waals surface area contributed by atoms with Crippen LogP contribution in [0.5, 0.6) is 0 Å². The van der Waals surface area contributed by atoms with Crippen molar-refractivity contribution in [2.24, 2.45) is 4.99 Å². The number of aryl methyl sites for hydroxylation is 2. The van der Waals surface area contributed by atoms with E-state index in [2.05, 4.69) is 47.3 Å². The summed E-state index contributed by atoms with van der Waals surface area (Å²) in [6.45, 7) is 7.90. The molecule has 0 radical (unpaired) electrons. The molecule has 5 heteroatoms. The van der Waals surface area contributed by atoms with Crippen LogP contribution in [0.4, 0.5) is 0 Å². The summed E-state index contributed by atoms with van der Waals surface area (Å²) in [7, 11) is 0. The summed E-state index contributed by atoms with van der Waals surface area (Å²) in [6, 6.07) is 6.28. The normalized spacial score (nSPS) is 23.1. The summed E-state index contributed by atoms with van der Waals surface area (Å²) in [5, 5.41) is 4.04. The average Bonchev–Trinajstić information content (AvgIpc) is 2.84. The molecule has 0 saturated carbocycles. The van der Waals surface area contributed by atoms with Crippen molar-refractivity contribution in [3.63, 3.8) is 0 Å². The third kappa shape index (κ3) is 2.60. The maximum Gasteiger partial charge on any atom is 0.266 e. The Morgan fingerprint density at radius 3 is 2.80 bits per heavy atom. The zero-order valence-electron chi connectivity index (χ0n) is 11.8. The number of amides is 1. The van der Waals surface area contributed by atoms with Crippen LogP contribution in [0.25, 0.3) is 0 Å². The lowest BCUT2D eigenvalue weighted by molar-refractivity contribution is -0.117. The van der Waals surface area contributed by atoms with E-state index in [1.54, 1.807) is 11.8 Å². The van der Waals surface area contributed by atoms with Gasteiger partial charge in [-0.05, 0) is 25.0 Å². The first kappa shape index (κ1) is 13.6. The molecule has 0 spiro atoms. The van der Waals surface area contributed by atoms with Gasteiger partial charge >= 0.3 is 0 Å². The Balaban J connectivity index is 1.81. The summed E-state index contributed by atoms with van der Waals surface area (Å²) >= 11 is 1.60. The smallest absolute Gasteiger partial charge is 0.266 e. The number of thioether (sulfide) groups is 1. The number of carbonyl (C=O) groups is 1. The summed E-state index contributed by atoms with van der Waals surface area (Å²) in [6.07, 6.45) is 0. The highest BCUT2D eigenvalue weighted by Gasteiger charge is 2.33. The highest BCUT2D eigenvalue weighted by Crippen LogP contribution is 2.39. The molecule has 3 rings (SSSR count). The second-order valence-electron chi connectivity index (χ2n) is 5.33.